The van der Waals surface area contributed by atoms with Crippen LogP contribution in [0.25, 0.3) is 11.1 Å². The molecule has 0 aliphatic heterocycles. The van der Waals surface area contributed by atoms with Crippen LogP contribution < -0.4 is 5.32 Å². The predicted octanol–water partition coefficient (Wildman–Crippen LogP) is 3.76. The summed E-state index contributed by atoms with van der Waals surface area (Å²) in [6.45, 7) is 3.20. The van der Waals surface area contributed by atoms with Gasteiger partial charge in [0.05, 0.1) is 0 Å². The lowest BCUT2D eigenvalue weighted by Gasteiger charge is -2.11. The summed E-state index contributed by atoms with van der Waals surface area (Å²) in [5, 5.41) is 2.70. The van der Waals surface area contributed by atoms with E-state index >= 15 is 0 Å². The molecule has 0 atom stereocenters. The van der Waals surface area contributed by atoms with Crippen LogP contribution in [-0.4, -0.2) is 5.91 Å². The Kier molecular flexibility index (Phi) is 3.42. The standard InChI is InChI=1S/C15H14FNO/c1-10-8-14(16)13(9-15(10)17-11(2)18)12-6-4-3-5-7-12/h3-9H,1-2H3,(H,17,18). The molecule has 0 aliphatic carbocycles. The maximum atomic E-state index is 13.9. The molecule has 0 aliphatic rings. The third-order valence-electron chi connectivity index (χ3n) is 2.71. The smallest absolute Gasteiger partial charge is 0.221 e. The van der Waals surface area contributed by atoms with Gasteiger partial charge in [-0.2, -0.15) is 0 Å². The summed E-state index contributed by atoms with van der Waals surface area (Å²) in [4.78, 5) is 11.1. The number of carbonyl (C=O) groups excluding carboxylic acids is 1. The van der Waals surface area contributed by atoms with E-state index in [1.165, 1.54) is 13.0 Å². The molecule has 0 aromatic heterocycles. The van der Waals surface area contributed by atoms with Crippen molar-refractivity contribution in [3.05, 3.63) is 53.8 Å². The van der Waals surface area contributed by atoms with Crippen LogP contribution in [0.1, 0.15) is 12.5 Å². The van der Waals surface area contributed by atoms with E-state index < -0.39 is 0 Å². The number of amides is 1. The quantitative estimate of drug-likeness (QED) is 0.854. The van der Waals surface area contributed by atoms with Gasteiger partial charge in [0.2, 0.25) is 5.91 Å². The molecule has 2 aromatic rings. The van der Waals surface area contributed by atoms with Gasteiger partial charge in [0, 0.05) is 18.2 Å². The van der Waals surface area contributed by atoms with Crippen molar-refractivity contribution in [1.29, 1.82) is 0 Å². The minimum absolute atomic E-state index is 0.163. The second kappa shape index (κ2) is 5.00. The van der Waals surface area contributed by atoms with Crippen molar-refractivity contribution in [3.8, 4) is 11.1 Å². The first-order valence-electron chi connectivity index (χ1n) is 5.71. The zero-order chi connectivity index (χ0) is 13.1. The van der Waals surface area contributed by atoms with Crippen LogP contribution in [0.4, 0.5) is 10.1 Å². The molecule has 0 fully saturated rings. The minimum atomic E-state index is -0.284. The van der Waals surface area contributed by atoms with Crippen LogP contribution in [0, 0.1) is 12.7 Å². The monoisotopic (exact) mass is 243 g/mol. The van der Waals surface area contributed by atoms with E-state index in [4.69, 9.17) is 0 Å². The molecule has 2 aromatic carbocycles. The summed E-state index contributed by atoms with van der Waals surface area (Å²) in [7, 11) is 0. The largest absolute Gasteiger partial charge is 0.326 e. The van der Waals surface area contributed by atoms with E-state index in [2.05, 4.69) is 5.32 Å². The van der Waals surface area contributed by atoms with E-state index in [9.17, 15) is 9.18 Å². The van der Waals surface area contributed by atoms with Crippen molar-refractivity contribution in [2.75, 3.05) is 5.32 Å². The van der Waals surface area contributed by atoms with E-state index in [-0.39, 0.29) is 11.7 Å². The molecule has 1 amide bonds. The number of hydrogen-bond donors (Lipinski definition) is 1. The Balaban J connectivity index is 2.51. The average molecular weight is 243 g/mol. The molecule has 92 valence electrons. The molecule has 1 N–H and O–H groups in total. The van der Waals surface area contributed by atoms with Crippen LogP contribution >= 0.6 is 0 Å². The molecular weight excluding hydrogens is 229 g/mol. The third kappa shape index (κ3) is 2.56. The van der Waals surface area contributed by atoms with Crippen molar-refractivity contribution in [2.24, 2.45) is 0 Å². The summed E-state index contributed by atoms with van der Waals surface area (Å²) in [5.41, 5.74) is 2.64. The number of aryl methyl sites for hydroxylation is 1. The van der Waals surface area contributed by atoms with Gasteiger partial charge < -0.3 is 5.32 Å². The summed E-state index contributed by atoms with van der Waals surface area (Å²) in [6, 6.07) is 12.4. The van der Waals surface area contributed by atoms with Crippen molar-refractivity contribution in [3.63, 3.8) is 0 Å². The number of anilines is 1. The van der Waals surface area contributed by atoms with Crippen molar-refractivity contribution in [1.82, 2.24) is 0 Å². The molecule has 3 heteroatoms. The van der Waals surface area contributed by atoms with Gasteiger partial charge in [0.15, 0.2) is 0 Å². The SMILES string of the molecule is CC(=O)Nc1cc(-c2ccccc2)c(F)cc1C. The Labute approximate surface area is 105 Å². The van der Waals surface area contributed by atoms with Gasteiger partial charge in [-0.05, 0) is 30.2 Å². The molecular formula is C15H14FNO. The number of hydrogen-bond acceptors (Lipinski definition) is 1. The molecule has 0 saturated carbocycles. The lowest BCUT2D eigenvalue weighted by molar-refractivity contribution is -0.114. The lowest BCUT2D eigenvalue weighted by atomic mass is 10.0. The van der Waals surface area contributed by atoms with Crippen LogP contribution in [-0.2, 0) is 4.79 Å². The maximum absolute atomic E-state index is 13.9. The topological polar surface area (TPSA) is 29.1 Å². The Morgan fingerprint density at radius 3 is 2.44 bits per heavy atom. The van der Waals surface area contributed by atoms with Crippen molar-refractivity contribution < 1.29 is 9.18 Å². The number of benzene rings is 2. The van der Waals surface area contributed by atoms with Gasteiger partial charge >= 0.3 is 0 Å². The summed E-state index contributed by atoms with van der Waals surface area (Å²) >= 11 is 0. The summed E-state index contributed by atoms with van der Waals surface area (Å²) < 4.78 is 13.9. The number of carbonyl (C=O) groups is 1. The highest BCUT2D eigenvalue weighted by Crippen LogP contribution is 2.28. The number of nitrogens with one attached hydrogen (secondary N) is 1. The molecule has 0 saturated heterocycles. The highest BCUT2D eigenvalue weighted by atomic mass is 19.1. The second-order valence-electron chi connectivity index (χ2n) is 4.19. The van der Waals surface area contributed by atoms with Crippen LogP contribution in [0.2, 0.25) is 0 Å². The van der Waals surface area contributed by atoms with E-state index in [0.29, 0.717) is 16.8 Å². The lowest BCUT2D eigenvalue weighted by Crippen LogP contribution is -2.07. The minimum Gasteiger partial charge on any atom is -0.326 e. The van der Waals surface area contributed by atoms with Crippen molar-refractivity contribution in [2.45, 2.75) is 13.8 Å². The van der Waals surface area contributed by atoms with Crippen molar-refractivity contribution >= 4 is 11.6 Å². The maximum Gasteiger partial charge on any atom is 0.221 e. The number of halogens is 1. The van der Waals surface area contributed by atoms with E-state index in [1.54, 1.807) is 13.0 Å². The highest BCUT2D eigenvalue weighted by Gasteiger charge is 2.09. The van der Waals surface area contributed by atoms with Gasteiger partial charge in [-0.1, -0.05) is 30.3 Å². The van der Waals surface area contributed by atoms with Crippen LogP contribution in [0.3, 0.4) is 0 Å². The first-order valence-corrected chi connectivity index (χ1v) is 5.71. The summed E-state index contributed by atoms with van der Waals surface area (Å²) in [5.74, 6) is -0.448. The highest BCUT2D eigenvalue weighted by molar-refractivity contribution is 5.90. The molecule has 2 nitrogen and oxygen atoms in total. The molecule has 18 heavy (non-hydrogen) atoms. The zero-order valence-corrected chi connectivity index (χ0v) is 10.3. The fourth-order valence-corrected chi connectivity index (χ4v) is 1.84. The van der Waals surface area contributed by atoms with E-state index in [0.717, 1.165) is 5.56 Å². The molecule has 0 unspecified atom stereocenters. The Hall–Kier alpha value is -2.16. The second-order valence-corrected chi connectivity index (χ2v) is 4.19. The van der Waals surface area contributed by atoms with Gasteiger partial charge in [-0.15, -0.1) is 0 Å². The Bertz CT molecular complexity index is 579. The average Bonchev–Trinajstić information content (AvgIpc) is 2.33. The normalized spacial score (nSPS) is 10.2. The molecule has 0 spiro atoms. The first kappa shape index (κ1) is 12.3. The fraction of sp³-hybridized carbons (Fsp3) is 0.133. The fourth-order valence-electron chi connectivity index (χ4n) is 1.84. The Morgan fingerprint density at radius 2 is 1.83 bits per heavy atom. The molecule has 0 bridgehead atoms. The van der Waals surface area contributed by atoms with E-state index in [1.807, 2.05) is 30.3 Å². The molecule has 2 rings (SSSR count). The summed E-state index contributed by atoms with van der Waals surface area (Å²) in [6.07, 6.45) is 0. The third-order valence-corrected chi connectivity index (χ3v) is 2.71. The zero-order valence-electron chi connectivity index (χ0n) is 10.3. The van der Waals surface area contributed by atoms with Gasteiger partial charge in [0.1, 0.15) is 5.82 Å². The van der Waals surface area contributed by atoms with Crippen LogP contribution in [0.5, 0.6) is 0 Å². The Morgan fingerprint density at radius 1 is 1.17 bits per heavy atom. The van der Waals surface area contributed by atoms with Crippen LogP contribution in [0.15, 0.2) is 42.5 Å². The molecule has 0 heterocycles. The predicted molar refractivity (Wildman–Crippen MR) is 70.9 cm³/mol. The molecule has 0 radical (unpaired) electrons. The van der Waals surface area contributed by atoms with Gasteiger partial charge in [-0.25, -0.2) is 4.39 Å². The first-order chi connectivity index (χ1) is 8.58. The van der Waals surface area contributed by atoms with Gasteiger partial charge in [-0.3, -0.25) is 4.79 Å². The van der Waals surface area contributed by atoms with Gasteiger partial charge in [0.25, 0.3) is 0 Å². The number of rotatable bonds is 2.